The lowest BCUT2D eigenvalue weighted by molar-refractivity contribution is -0.215. The van der Waals surface area contributed by atoms with Crippen molar-refractivity contribution >= 4 is 40.5 Å². The Labute approximate surface area is 399 Å². The predicted octanol–water partition coefficient (Wildman–Crippen LogP) is 8.95. The standard InChI is InChI=1S/C53H54N6O10/c1-34(2)48(61)56-51-55-47-44(49(57-51)69-52(62)59(38-18-10-6-11-19-38)39-20-12-7-13-21-39)54-33-58(47)50-46(68-43-22-14-15-31-65-43)45(60)42(67-50)32-66-53(35-16-8-5-9-17-35,36-23-27-40(63-3)28-24-36)37-25-29-41(64-4)30-26-37/h5-13,16-21,23-30,33-34,42-43,45-46,50,60H,14-15,22,31-32H2,1-4H3,(H,55,56,57,61)/t42-,43?,45-,46-,50-/m1/s1. The molecule has 0 bridgehead atoms. The number of amides is 2. The van der Waals surface area contributed by atoms with Gasteiger partial charge in [0.05, 0.1) is 38.5 Å². The molecule has 2 aliphatic heterocycles. The Kier molecular flexibility index (Phi) is 14.3. The van der Waals surface area contributed by atoms with Crippen LogP contribution < -0.4 is 24.4 Å². The number of aliphatic hydroxyl groups is 1. The van der Waals surface area contributed by atoms with Gasteiger partial charge < -0.3 is 38.3 Å². The van der Waals surface area contributed by atoms with Gasteiger partial charge in [0.15, 0.2) is 23.7 Å². The van der Waals surface area contributed by atoms with Gasteiger partial charge in [-0.1, -0.05) is 105 Å². The molecular formula is C53H54N6O10. The number of hydrogen-bond donors (Lipinski definition) is 2. The van der Waals surface area contributed by atoms with Gasteiger partial charge in [-0.05, 0) is 84.5 Å². The van der Waals surface area contributed by atoms with Crippen LogP contribution in [0.4, 0.5) is 22.1 Å². The first kappa shape index (κ1) is 46.9. The number of nitrogens with one attached hydrogen (secondary N) is 1. The lowest BCUT2D eigenvalue weighted by Gasteiger charge is -2.37. The molecule has 1 unspecified atom stereocenters. The maximum atomic E-state index is 14.3. The Morgan fingerprint density at radius 2 is 1.38 bits per heavy atom. The highest BCUT2D eigenvalue weighted by Crippen LogP contribution is 2.44. The second-order valence-corrected chi connectivity index (χ2v) is 17.0. The number of ether oxygens (including phenoxy) is 7. The van der Waals surface area contributed by atoms with Crippen molar-refractivity contribution in [2.75, 3.05) is 37.7 Å². The highest BCUT2D eigenvalue weighted by Gasteiger charge is 2.49. The molecule has 16 heteroatoms. The zero-order valence-corrected chi connectivity index (χ0v) is 38.7. The SMILES string of the molecule is COc1ccc(C(OC[C@H]2O[C@@H](n3cnc4c(OC(=O)N(c5ccccc5)c5ccccc5)nc(NC(=O)C(C)C)nc43)[C@H](OC3CCCCO3)[C@@H]2O)(c2ccccc2)c2ccc(OC)cc2)cc1. The molecule has 2 saturated heterocycles. The van der Waals surface area contributed by atoms with Crippen molar-refractivity contribution < 1.29 is 47.9 Å². The maximum absolute atomic E-state index is 14.3. The molecule has 5 atom stereocenters. The van der Waals surface area contributed by atoms with Gasteiger partial charge in [0.25, 0.3) is 5.88 Å². The summed E-state index contributed by atoms with van der Waals surface area (Å²) in [7, 11) is 3.23. The van der Waals surface area contributed by atoms with Crippen molar-refractivity contribution in [3.63, 3.8) is 0 Å². The first-order chi connectivity index (χ1) is 33.7. The maximum Gasteiger partial charge on any atom is 0.425 e. The normalized spacial score (nSPS) is 19.3. The van der Waals surface area contributed by atoms with E-state index in [1.807, 2.05) is 115 Å². The average molecular weight is 935 g/mol. The minimum Gasteiger partial charge on any atom is -0.497 e. The minimum absolute atomic E-state index is 0.0829. The molecule has 0 saturated carbocycles. The topological polar surface area (TPSA) is 178 Å². The third-order valence-electron chi connectivity index (χ3n) is 12.2. The number of aromatic nitrogens is 4. The van der Waals surface area contributed by atoms with Crippen molar-refractivity contribution in [2.24, 2.45) is 5.92 Å². The summed E-state index contributed by atoms with van der Waals surface area (Å²) in [6.45, 7) is 3.83. The summed E-state index contributed by atoms with van der Waals surface area (Å²) in [5.41, 5.74) is 2.47. The summed E-state index contributed by atoms with van der Waals surface area (Å²) >= 11 is 0. The fourth-order valence-electron chi connectivity index (χ4n) is 8.60. The van der Waals surface area contributed by atoms with Crippen LogP contribution in [0.2, 0.25) is 0 Å². The number of rotatable bonds is 16. The minimum atomic E-state index is -1.28. The quantitative estimate of drug-likeness (QED) is 0.0879. The number of carbonyl (C=O) groups excluding carboxylic acids is 2. The van der Waals surface area contributed by atoms with E-state index in [9.17, 15) is 14.7 Å². The van der Waals surface area contributed by atoms with E-state index in [2.05, 4.69) is 15.3 Å². The van der Waals surface area contributed by atoms with Gasteiger partial charge in [-0.2, -0.15) is 9.97 Å². The molecule has 0 aliphatic carbocycles. The molecule has 9 rings (SSSR count). The average Bonchev–Trinajstić information content (AvgIpc) is 3.95. The first-order valence-electron chi connectivity index (χ1n) is 22.9. The summed E-state index contributed by atoms with van der Waals surface area (Å²) < 4.78 is 45.5. The molecule has 69 heavy (non-hydrogen) atoms. The summed E-state index contributed by atoms with van der Waals surface area (Å²) in [4.78, 5) is 42.9. The van der Waals surface area contributed by atoms with Crippen LogP contribution in [-0.4, -0.2) is 88.7 Å². The second kappa shape index (κ2) is 21.0. The molecule has 5 aromatic carbocycles. The molecule has 4 heterocycles. The van der Waals surface area contributed by atoms with Crippen LogP contribution in [0.25, 0.3) is 11.2 Å². The van der Waals surface area contributed by atoms with Crippen molar-refractivity contribution in [3.8, 4) is 17.4 Å². The van der Waals surface area contributed by atoms with E-state index in [1.165, 1.54) is 11.2 Å². The fourth-order valence-corrected chi connectivity index (χ4v) is 8.60. The van der Waals surface area contributed by atoms with Crippen LogP contribution in [-0.2, 0) is 29.3 Å². The molecule has 7 aromatic rings. The third-order valence-corrected chi connectivity index (χ3v) is 12.2. The Hall–Kier alpha value is -7.21. The van der Waals surface area contributed by atoms with Gasteiger partial charge in [-0.15, -0.1) is 0 Å². The van der Waals surface area contributed by atoms with E-state index in [0.717, 1.165) is 29.5 Å². The summed E-state index contributed by atoms with van der Waals surface area (Å²) in [6, 6.07) is 43.2. The lowest BCUT2D eigenvalue weighted by Crippen LogP contribution is -2.42. The Morgan fingerprint density at radius 1 is 0.797 bits per heavy atom. The molecule has 0 radical (unpaired) electrons. The molecule has 2 amide bonds. The summed E-state index contributed by atoms with van der Waals surface area (Å²) in [5, 5.41) is 15.2. The number of hydrogen-bond acceptors (Lipinski definition) is 13. The predicted molar refractivity (Wildman–Crippen MR) is 256 cm³/mol. The molecule has 2 N–H and O–H groups in total. The highest BCUT2D eigenvalue weighted by atomic mass is 16.7. The number of anilines is 3. The first-order valence-corrected chi connectivity index (χ1v) is 22.9. The monoisotopic (exact) mass is 934 g/mol. The number of para-hydroxylation sites is 2. The molecule has 0 spiro atoms. The van der Waals surface area contributed by atoms with E-state index in [1.54, 1.807) is 56.9 Å². The summed E-state index contributed by atoms with van der Waals surface area (Å²) in [5.74, 6) is 0.164. The summed E-state index contributed by atoms with van der Waals surface area (Å²) in [6.07, 6.45) is -2.04. The molecular weight excluding hydrogens is 881 g/mol. The van der Waals surface area contributed by atoms with E-state index < -0.39 is 48.4 Å². The van der Waals surface area contributed by atoms with Gasteiger partial charge in [0, 0.05) is 12.5 Å². The largest absolute Gasteiger partial charge is 0.497 e. The Bertz CT molecular complexity index is 2720. The highest BCUT2D eigenvalue weighted by molar-refractivity contribution is 5.98. The van der Waals surface area contributed by atoms with Crippen molar-refractivity contribution in [2.45, 2.75) is 69.5 Å². The number of aliphatic hydroxyl groups excluding tert-OH is 1. The number of nitrogens with zero attached hydrogens (tertiary/aromatic N) is 5. The van der Waals surface area contributed by atoms with Crippen molar-refractivity contribution in [3.05, 3.63) is 163 Å². The molecule has 2 aromatic heterocycles. The number of benzene rings is 5. The van der Waals surface area contributed by atoms with Gasteiger partial charge in [-0.25, -0.2) is 14.7 Å². The molecule has 356 valence electrons. The number of methoxy groups -OCH3 is 2. The van der Waals surface area contributed by atoms with Gasteiger partial charge in [0.1, 0.15) is 35.4 Å². The van der Waals surface area contributed by atoms with Crippen LogP contribution >= 0.6 is 0 Å². The van der Waals surface area contributed by atoms with E-state index in [4.69, 9.17) is 38.1 Å². The van der Waals surface area contributed by atoms with Crippen molar-refractivity contribution in [1.82, 2.24) is 19.5 Å². The van der Waals surface area contributed by atoms with Gasteiger partial charge >= 0.3 is 6.09 Å². The van der Waals surface area contributed by atoms with E-state index in [0.29, 0.717) is 35.9 Å². The third kappa shape index (κ3) is 9.89. The van der Waals surface area contributed by atoms with Crippen LogP contribution in [0.1, 0.15) is 56.0 Å². The van der Waals surface area contributed by atoms with Crippen LogP contribution in [0.3, 0.4) is 0 Å². The van der Waals surface area contributed by atoms with Crippen LogP contribution in [0, 0.1) is 5.92 Å². The zero-order valence-electron chi connectivity index (χ0n) is 38.7. The van der Waals surface area contributed by atoms with E-state index in [-0.39, 0.29) is 35.5 Å². The van der Waals surface area contributed by atoms with E-state index >= 15 is 0 Å². The number of fused-ring (bicyclic) bond motifs is 1. The number of carbonyl (C=O) groups is 2. The van der Waals surface area contributed by atoms with Crippen LogP contribution in [0.5, 0.6) is 17.4 Å². The molecule has 16 nitrogen and oxygen atoms in total. The zero-order chi connectivity index (χ0) is 47.9. The molecule has 2 fully saturated rings. The molecule has 2 aliphatic rings. The second-order valence-electron chi connectivity index (χ2n) is 17.0. The van der Waals surface area contributed by atoms with Gasteiger partial charge in [-0.3, -0.25) is 14.7 Å². The lowest BCUT2D eigenvalue weighted by atomic mass is 9.80. The van der Waals surface area contributed by atoms with Gasteiger partial charge in [0.2, 0.25) is 11.9 Å². The van der Waals surface area contributed by atoms with Crippen LogP contribution in [0.15, 0.2) is 146 Å². The Morgan fingerprint density at radius 3 is 1.93 bits per heavy atom. The number of imidazole rings is 1. The smallest absolute Gasteiger partial charge is 0.425 e. The fraction of sp³-hybridized carbons (Fsp3) is 0.302. The van der Waals surface area contributed by atoms with Crippen molar-refractivity contribution in [1.29, 1.82) is 0 Å². The Balaban J connectivity index is 1.11.